The third kappa shape index (κ3) is 4.55. The van der Waals surface area contributed by atoms with Crippen LogP contribution in [0, 0.1) is 5.92 Å². The van der Waals surface area contributed by atoms with Crippen LogP contribution < -0.4 is 0 Å². The molecule has 0 aliphatic heterocycles. The summed E-state index contributed by atoms with van der Waals surface area (Å²) in [5, 5.41) is 0. The number of carbonyl (C=O) groups excluding carboxylic acids is 1. The van der Waals surface area contributed by atoms with E-state index in [2.05, 4.69) is 24.0 Å². The lowest BCUT2D eigenvalue weighted by molar-refractivity contribution is 0.00807. The molecule has 136 valence electrons. The summed E-state index contributed by atoms with van der Waals surface area (Å²) in [6.45, 7) is 2.10. The second-order valence-corrected chi connectivity index (χ2v) is 8.12. The Morgan fingerprint density at radius 2 is 1.50 bits per heavy atom. The molecular weight excluding hydrogens is 298 g/mol. The minimum absolute atomic E-state index is 0.0177. The van der Waals surface area contributed by atoms with Crippen molar-refractivity contribution in [3.8, 4) is 0 Å². The molecule has 0 N–H and O–H groups in total. The number of carbonyl (C=O) groups is 1. The number of rotatable bonds is 4. The summed E-state index contributed by atoms with van der Waals surface area (Å²) in [4.78, 5) is 15.3. The molecule has 3 rings (SSSR count). The van der Waals surface area contributed by atoms with Crippen molar-refractivity contribution in [3.05, 3.63) is 12.2 Å². The number of nitrogens with zero attached hydrogens (tertiary/aromatic N) is 1. The second-order valence-electron chi connectivity index (χ2n) is 8.12. The highest BCUT2D eigenvalue weighted by Crippen LogP contribution is 2.32. The lowest BCUT2D eigenvalue weighted by atomic mass is 9.89. The fourth-order valence-electron chi connectivity index (χ4n) is 4.87. The van der Waals surface area contributed by atoms with E-state index in [9.17, 15) is 4.79 Å². The van der Waals surface area contributed by atoms with Crippen LogP contribution in [0.4, 0.5) is 4.79 Å². The van der Waals surface area contributed by atoms with E-state index in [1.807, 2.05) is 0 Å². The van der Waals surface area contributed by atoms with Gasteiger partial charge in [0.15, 0.2) is 0 Å². The molecule has 2 atom stereocenters. The van der Waals surface area contributed by atoms with Crippen molar-refractivity contribution in [3.63, 3.8) is 0 Å². The quantitative estimate of drug-likeness (QED) is 0.605. The second kappa shape index (κ2) is 8.92. The first-order chi connectivity index (χ1) is 11.8. The molecule has 2 saturated carbocycles. The van der Waals surface area contributed by atoms with Gasteiger partial charge in [-0.3, -0.25) is 0 Å². The van der Waals surface area contributed by atoms with Gasteiger partial charge in [-0.15, -0.1) is 0 Å². The predicted octanol–water partition coefficient (Wildman–Crippen LogP) is 5.84. The van der Waals surface area contributed by atoms with E-state index in [-0.39, 0.29) is 12.2 Å². The molecule has 3 heteroatoms. The lowest BCUT2D eigenvalue weighted by Crippen LogP contribution is -2.50. The molecule has 0 saturated heterocycles. The molecule has 0 aromatic heterocycles. The Morgan fingerprint density at radius 3 is 2.00 bits per heavy atom. The standard InChI is InChI=1S/C21H35NO2/c1-17(18-11-5-2-6-12-18)24-21(23)22(19-13-7-3-8-14-19)20-15-9-4-10-16-20/h2,5,17-20H,3-4,6-16H2,1H3. The van der Waals surface area contributed by atoms with Crippen LogP contribution in [-0.2, 0) is 4.74 Å². The molecule has 0 aromatic rings. The van der Waals surface area contributed by atoms with Crippen molar-refractivity contribution in [1.82, 2.24) is 4.90 Å². The van der Waals surface area contributed by atoms with Crippen LogP contribution in [0.2, 0.25) is 0 Å². The van der Waals surface area contributed by atoms with Crippen molar-refractivity contribution in [1.29, 1.82) is 0 Å². The van der Waals surface area contributed by atoms with E-state index >= 15 is 0 Å². The van der Waals surface area contributed by atoms with Gasteiger partial charge < -0.3 is 9.64 Å². The number of amides is 1. The summed E-state index contributed by atoms with van der Waals surface area (Å²) in [5.74, 6) is 0.499. The van der Waals surface area contributed by atoms with Crippen molar-refractivity contribution < 1.29 is 9.53 Å². The van der Waals surface area contributed by atoms with E-state index in [0.29, 0.717) is 18.0 Å². The molecule has 0 heterocycles. The maximum absolute atomic E-state index is 13.1. The van der Waals surface area contributed by atoms with Gasteiger partial charge in [-0.1, -0.05) is 50.7 Å². The Balaban J connectivity index is 1.64. The van der Waals surface area contributed by atoms with Crippen molar-refractivity contribution in [2.75, 3.05) is 0 Å². The average molecular weight is 334 g/mol. The Labute approximate surface area is 147 Å². The number of hydrogen-bond donors (Lipinski definition) is 0. The van der Waals surface area contributed by atoms with Crippen molar-refractivity contribution in [2.24, 2.45) is 5.92 Å². The normalized spacial score (nSPS) is 27.6. The van der Waals surface area contributed by atoms with Crippen LogP contribution >= 0.6 is 0 Å². The predicted molar refractivity (Wildman–Crippen MR) is 98.0 cm³/mol. The zero-order valence-corrected chi connectivity index (χ0v) is 15.4. The SMILES string of the molecule is CC(OC(=O)N(C1CCCCC1)C1CCCCC1)C1CC=CCC1. The Morgan fingerprint density at radius 1 is 0.917 bits per heavy atom. The fourth-order valence-corrected chi connectivity index (χ4v) is 4.87. The maximum atomic E-state index is 13.1. The first-order valence-corrected chi connectivity index (χ1v) is 10.4. The molecule has 0 radical (unpaired) electrons. The highest BCUT2D eigenvalue weighted by atomic mass is 16.6. The van der Waals surface area contributed by atoms with Crippen molar-refractivity contribution in [2.45, 2.75) is 109 Å². The van der Waals surface area contributed by atoms with Gasteiger partial charge in [-0.25, -0.2) is 4.79 Å². The van der Waals surface area contributed by atoms with E-state index < -0.39 is 0 Å². The molecule has 0 bridgehead atoms. The topological polar surface area (TPSA) is 29.5 Å². The van der Waals surface area contributed by atoms with Crippen molar-refractivity contribution >= 4 is 6.09 Å². The smallest absolute Gasteiger partial charge is 0.410 e. The highest BCUT2D eigenvalue weighted by molar-refractivity contribution is 5.68. The van der Waals surface area contributed by atoms with Crippen LogP contribution in [0.15, 0.2) is 12.2 Å². The summed E-state index contributed by atoms with van der Waals surface area (Å²) < 4.78 is 6.01. The van der Waals surface area contributed by atoms with Crippen LogP contribution in [-0.4, -0.2) is 29.2 Å². The molecule has 24 heavy (non-hydrogen) atoms. The molecule has 3 aliphatic rings. The third-order valence-corrected chi connectivity index (χ3v) is 6.41. The Hall–Kier alpha value is -0.990. The van der Waals surface area contributed by atoms with E-state index in [1.54, 1.807) is 0 Å². The summed E-state index contributed by atoms with van der Waals surface area (Å²) in [5.41, 5.74) is 0. The van der Waals surface area contributed by atoms with E-state index in [0.717, 1.165) is 19.3 Å². The highest BCUT2D eigenvalue weighted by Gasteiger charge is 2.35. The van der Waals surface area contributed by atoms with E-state index in [1.165, 1.54) is 64.2 Å². The number of ether oxygens (including phenoxy) is 1. The number of hydrogen-bond acceptors (Lipinski definition) is 2. The summed E-state index contributed by atoms with van der Waals surface area (Å²) >= 11 is 0. The van der Waals surface area contributed by atoms with Gasteiger partial charge in [0.05, 0.1) is 0 Å². The fraction of sp³-hybridized carbons (Fsp3) is 0.857. The van der Waals surface area contributed by atoms with E-state index in [4.69, 9.17) is 4.74 Å². The molecule has 3 nitrogen and oxygen atoms in total. The molecule has 2 fully saturated rings. The van der Waals surface area contributed by atoms with Gasteiger partial charge in [0.2, 0.25) is 0 Å². The minimum atomic E-state index is -0.0177. The largest absolute Gasteiger partial charge is 0.446 e. The monoisotopic (exact) mass is 333 g/mol. The van der Waals surface area contributed by atoms with Crippen LogP contribution in [0.3, 0.4) is 0 Å². The molecule has 0 aromatic carbocycles. The average Bonchev–Trinajstić information content (AvgIpc) is 2.64. The van der Waals surface area contributed by atoms with Gasteiger partial charge in [-0.2, -0.15) is 0 Å². The first kappa shape index (κ1) is 17.8. The zero-order chi connectivity index (χ0) is 16.8. The van der Waals surface area contributed by atoms with Crippen LogP contribution in [0.1, 0.15) is 90.4 Å². The first-order valence-electron chi connectivity index (χ1n) is 10.4. The summed E-state index contributed by atoms with van der Waals surface area (Å²) in [7, 11) is 0. The van der Waals surface area contributed by atoms with Gasteiger partial charge in [-0.05, 0) is 57.8 Å². The van der Waals surface area contributed by atoms with Gasteiger partial charge >= 0.3 is 6.09 Å². The Kier molecular flexibility index (Phi) is 6.62. The van der Waals surface area contributed by atoms with Crippen LogP contribution in [0.25, 0.3) is 0 Å². The van der Waals surface area contributed by atoms with Gasteiger partial charge in [0.1, 0.15) is 6.10 Å². The molecule has 2 unspecified atom stereocenters. The third-order valence-electron chi connectivity index (χ3n) is 6.41. The number of allylic oxidation sites excluding steroid dienone is 2. The maximum Gasteiger partial charge on any atom is 0.410 e. The summed E-state index contributed by atoms with van der Waals surface area (Å²) in [6.07, 6.45) is 20.3. The molecule has 3 aliphatic carbocycles. The summed E-state index contributed by atoms with van der Waals surface area (Å²) in [6, 6.07) is 0.848. The molecular formula is C21H35NO2. The molecule has 0 spiro atoms. The van der Waals surface area contributed by atoms with Gasteiger partial charge in [0, 0.05) is 12.1 Å². The van der Waals surface area contributed by atoms with Gasteiger partial charge in [0.25, 0.3) is 0 Å². The lowest BCUT2D eigenvalue weighted by Gasteiger charge is -2.41. The zero-order valence-electron chi connectivity index (χ0n) is 15.4. The Bertz CT molecular complexity index is 404. The van der Waals surface area contributed by atoms with Crippen LogP contribution in [0.5, 0.6) is 0 Å². The minimum Gasteiger partial charge on any atom is -0.446 e. The molecule has 1 amide bonds.